The molecule has 1 amide bonds. The smallest absolute Gasteiger partial charge is 0.355 e. The van der Waals surface area contributed by atoms with Crippen LogP contribution in [-0.4, -0.2) is 67.6 Å². The molecule has 0 unspecified atom stereocenters. The zero-order chi connectivity index (χ0) is 23.8. The van der Waals surface area contributed by atoms with Crippen LogP contribution in [0.4, 0.5) is 0 Å². The van der Waals surface area contributed by atoms with E-state index >= 15 is 0 Å². The summed E-state index contributed by atoms with van der Waals surface area (Å²) >= 11 is 0. The van der Waals surface area contributed by atoms with Crippen molar-refractivity contribution < 1.29 is 28.6 Å². The van der Waals surface area contributed by atoms with Crippen LogP contribution in [0.1, 0.15) is 56.3 Å². The second-order valence-corrected chi connectivity index (χ2v) is 7.27. The number of rotatable bonds is 11. The average Bonchev–Trinajstić information content (AvgIpc) is 3.05. The first-order valence-electron chi connectivity index (χ1n) is 10.6. The van der Waals surface area contributed by atoms with Crippen molar-refractivity contribution in [3.05, 3.63) is 52.3 Å². The maximum atomic E-state index is 13.3. The molecule has 0 saturated heterocycles. The molecule has 1 aromatic heterocycles. The number of hydrogen-bond acceptors (Lipinski definition) is 6. The topological polar surface area (TPSA) is 87.1 Å². The summed E-state index contributed by atoms with van der Waals surface area (Å²) in [7, 11) is 3.09. The van der Waals surface area contributed by atoms with E-state index in [0.29, 0.717) is 40.4 Å². The van der Waals surface area contributed by atoms with E-state index in [2.05, 4.69) is 0 Å². The van der Waals surface area contributed by atoms with E-state index < -0.39 is 5.97 Å². The molecule has 0 aliphatic rings. The highest BCUT2D eigenvalue weighted by atomic mass is 16.5. The van der Waals surface area contributed by atoms with Gasteiger partial charge in [0.2, 0.25) is 0 Å². The van der Waals surface area contributed by atoms with Crippen molar-refractivity contribution in [1.82, 2.24) is 9.47 Å². The number of ketones is 1. The zero-order valence-electron chi connectivity index (χ0n) is 19.7. The third kappa shape index (κ3) is 5.37. The first-order valence-corrected chi connectivity index (χ1v) is 10.6. The van der Waals surface area contributed by atoms with Gasteiger partial charge in [-0.2, -0.15) is 0 Å². The zero-order valence-corrected chi connectivity index (χ0v) is 19.7. The van der Waals surface area contributed by atoms with E-state index in [9.17, 15) is 14.4 Å². The standard InChI is InChI=1S/C24H32N2O6/c1-7-26-17(4)21(16(3)22(26)24(29)32-8-2)20(27)15-25(13-14-30-5)23(28)18-9-11-19(31-6)12-10-18/h9-12H,7-8,13-15H2,1-6H3. The molecule has 1 aromatic carbocycles. The van der Waals surface area contributed by atoms with Gasteiger partial charge in [-0.1, -0.05) is 0 Å². The molecule has 0 bridgehead atoms. The van der Waals surface area contributed by atoms with Crippen molar-refractivity contribution in [2.75, 3.05) is 40.5 Å². The summed E-state index contributed by atoms with van der Waals surface area (Å²) in [6.07, 6.45) is 0. The first kappa shape index (κ1) is 25.1. The minimum atomic E-state index is -0.459. The van der Waals surface area contributed by atoms with Crippen molar-refractivity contribution >= 4 is 17.7 Å². The van der Waals surface area contributed by atoms with Crippen LogP contribution in [0.25, 0.3) is 0 Å². The molecule has 174 valence electrons. The lowest BCUT2D eigenvalue weighted by atomic mass is 10.0. The number of esters is 1. The molecule has 2 rings (SSSR count). The van der Waals surface area contributed by atoms with Gasteiger partial charge >= 0.3 is 5.97 Å². The molecular formula is C24H32N2O6. The van der Waals surface area contributed by atoms with Gasteiger partial charge in [0.15, 0.2) is 5.78 Å². The van der Waals surface area contributed by atoms with Crippen LogP contribution in [-0.2, 0) is 16.0 Å². The van der Waals surface area contributed by atoms with Gasteiger partial charge in [0.1, 0.15) is 11.4 Å². The molecule has 0 atom stereocenters. The summed E-state index contributed by atoms with van der Waals surface area (Å²) in [6.45, 7) is 8.36. The van der Waals surface area contributed by atoms with Crippen molar-refractivity contribution in [3.8, 4) is 5.75 Å². The van der Waals surface area contributed by atoms with Crippen LogP contribution in [0.5, 0.6) is 5.75 Å². The summed E-state index contributed by atoms with van der Waals surface area (Å²) < 4.78 is 17.3. The first-order chi connectivity index (χ1) is 15.3. The van der Waals surface area contributed by atoms with Crippen LogP contribution in [0.2, 0.25) is 0 Å². The number of carbonyl (C=O) groups is 3. The summed E-state index contributed by atoms with van der Waals surface area (Å²) in [5, 5.41) is 0. The molecule has 2 aromatic rings. The van der Waals surface area contributed by atoms with Gasteiger partial charge in [-0.05, 0) is 57.5 Å². The second kappa shape index (κ2) is 11.5. The van der Waals surface area contributed by atoms with Gasteiger partial charge in [-0.15, -0.1) is 0 Å². The van der Waals surface area contributed by atoms with Crippen LogP contribution in [0, 0.1) is 13.8 Å². The van der Waals surface area contributed by atoms with E-state index in [1.807, 2.05) is 6.92 Å². The number of hydrogen-bond donors (Lipinski definition) is 0. The van der Waals surface area contributed by atoms with E-state index in [1.54, 1.807) is 63.8 Å². The van der Waals surface area contributed by atoms with Crippen molar-refractivity contribution in [3.63, 3.8) is 0 Å². The lowest BCUT2D eigenvalue weighted by Gasteiger charge is -2.22. The van der Waals surface area contributed by atoms with Crippen LogP contribution in [0.3, 0.4) is 0 Å². The fraction of sp³-hybridized carbons (Fsp3) is 0.458. The Bertz CT molecular complexity index is 962. The third-order valence-electron chi connectivity index (χ3n) is 5.35. The molecule has 8 heteroatoms. The number of benzene rings is 1. The lowest BCUT2D eigenvalue weighted by Crippen LogP contribution is -2.38. The Morgan fingerprint density at radius 3 is 2.22 bits per heavy atom. The molecule has 0 aliphatic carbocycles. The Morgan fingerprint density at radius 2 is 1.69 bits per heavy atom. The molecular weight excluding hydrogens is 412 g/mol. The van der Waals surface area contributed by atoms with Gasteiger partial charge in [0.05, 0.1) is 26.9 Å². The van der Waals surface area contributed by atoms with Gasteiger partial charge in [-0.3, -0.25) is 9.59 Å². The number of amides is 1. The van der Waals surface area contributed by atoms with E-state index in [-0.39, 0.29) is 38.0 Å². The number of aromatic nitrogens is 1. The predicted molar refractivity (Wildman–Crippen MR) is 121 cm³/mol. The molecule has 0 saturated carbocycles. The van der Waals surface area contributed by atoms with Crippen LogP contribution < -0.4 is 4.74 Å². The van der Waals surface area contributed by atoms with Crippen LogP contribution in [0.15, 0.2) is 24.3 Å². The van der Waals surface area contributed by atoms with Gasteiger partial charge < -0.3 is 23.7 Å². The highest BCUT2D eigenvalue weighted by Crippen LogP contribution is 2.24. The van der Waals surface area contributed by atoms with Gasteiger partial charge in [-0.25, -0.2) is 4.79 Å². The Balaban J connectivity index is 2.37. The summed E-state index contributed by atoms with van der Waals surface area (Å²) in [5.41, 5.74) is 2.51. The number of ether oxygens (including phenoxy) is 3. The molecule has 0 N–H and O–H groups in total. The number of nitrogens with zero attached hydrogens (tertiary/aromatic N) is 2. The fourth-order valence-electron chi connectivity index (χ4n) is 3.79. The van der Waals surface area contributed by atoms with Crippen molar-refractivity contribution in [2.45, 2.75) is 34.2 Å². The van der Waals surface area contributed by atoms with E-state index in [0.717, 1.165) is 0 Å². The van der Waals surface area contributed by atoms with Gasteiger partial charge in [0.25, 0.3) is 5.91 Å². The predicted octanol–water partition coefficient (Wildman–Crippen LogP) is 3.28. The minimum absolute atomic E-state index is 0.133. The maximum Gasteiger partial charge on any atom is 0.355 e. The molecule has 0 radical (unpaired) electrons. The number of Topliss-reactive ketones (excluding diaryl/α,β-unsaturated/α-hetero) is 1. The summed E-state index contributed by atoms with van der Waals surface area (Å²) in [5.74, 6) is -0.344. The number of carbonyl (C=O) groups excluding carboxylic acids is 3. The van der Waals surface area contributed by atoms with Crippen LogP contribution >= 0.6 is 0 Å². The van der Waals surface area contributed by atoms with Crippen molar-refractivity contribution in [2.24, 2.45) is 0 Å². The second-order valence-electron chi connectivity index (χ2n) is 7.27. The highest BCUT2D eigenvalue weighted by Gasteiger charge is 2.28. The molecule has 0 fully saturated rings. The third-order valence-corrected chi connectivity index (χ3v) is 5.35. The summed E-state index contributed by atoms with van der Waals surface area (Å²) in [4.78, 5) is 40.4. The Hall–Kier alpha value is -3.13. The molecule has 0 aliphatic heterocycles. The van der Waals surface area contributed by atoms with Gasteiger partial charge in [0, 0.05) is 37.0 Å². The Morgan fingerprint density at radius 1 is 1.03 bits per heavy atom. The lowest BCUT2D eigenvalue weighted by molar-refractivity contribution is 0.0512. The normalized spacial score (nSPS) is 10.7. The number of methoxy groups -OCH3 is 2. The average molecular weight is 445 g/mol. The quantitative estimate of drug-likeness (QED) is 0.390. The summed E-state index contributed by atoms with van der Waals surface area (Å²) in [6, 6.07) is 6.72. The molecule has 0 spiro atoms. The molecule has 8 nitrogen and oxygen atoms in total. The van der Waals surface area contributed by atoms with Crippen molar-refractivity contribution in [1.29, 1.82) is 0 Å². The van der Waals surface area contributed by atoms with E-state index in [4.69, 9.17) is 14.2 Å². The largest absolute Gasteiger partial charge is 0.497 e. The monoisotopic (exact) mass is 444 g/mol. The van der Waals surface area contributed by atoms with E-state index in [1.165, 1.54) is 4.90 Å². The minimum Gasteiger partial charge on any atom is -0.497 e. The molecule has 1 heterocycles. The SMILES string of the molecule is CCOC(=O)c1c(C)c(C(=O)CN(CCOC)C(=O)c2ccc(OC)cc2)c(C)n1CC. The Kier molecular flexibility index (Phi) is 9.02. The molecule has 32 heavy (non-hydrogen) atoms. The fourth-order valence-corrected chi connectivity index (χ4v) is 3.79. The highest BCUT2D eigenvalue weighted by molar-refractivity contribution is 6.06. The maximum absolute atomic E-state index is 13.3. The Labute approximate surface area is 189 Å².